The van der Waals surface area contributed by atoms with Crippen LogP contribution in [0.2, 0.25) is 0 Å². The van der Waals surface area contributed by atoms with E-state index in [2.05, 4.69) is 33.0 Å². The molecule has 0 radical (unpaired) electrons. The van der Waals surface area contributed by atoms with Crippen molar-refractivity contribution in [3.8, 4) is 0 Å². The molecule has 19 heavy (non-hydrogen) atoms. The first-order valence-electron chi connectivity index (χ1n) is 6.85. The maximum Gasteiger partial charge on any atom is 0.140 e. The van der Waals surface area contributed by atoms with E-state index in [1.54, 1.807) is 6.07 Å². The van der Waals surface area contributed by atoms with Gasteiger partial charge >= 0.3 is 0 Å². The van der Waals surface area contributed by atoms with Crippen molar-refractivity contribution in [1.82, 2.24) is 5.32 Å². The van der Waals surface area contributed by atoms with E-state index in [9.17, 15) is 4.39 Å². The minimum Gasteiger partial charge on any atom is -0.459 e. The highest BCUT2D eigenvalue weighted by molar-refractivity contribution is 5.86. The smallest absolute Gasteiger partial charge is 0.140 e. The molecule has 0 saturated heterocycles. The molecule has 3 heteroatoms. The van der Waals surface area contributed by atoms with E-state index in [0.29, 0.717) is 23.6 Å². The lowest BCUT2D eigenvalue weighted by Gasteiger charge is -2.10. The summed E-state index contributed by atoms with van der Waals surface area (Å²) in [4.78, 5) is 0. The Hall–Kier alpha value is -1.35. The highest BCUT2D eigenvalue weighted by Gasteiger charge is 2.21. The van der Waals surface area contributed by atoms with Gasteiger partial charge in [-0.2, -0.15) is 0 Å². The Labute approximate surface area is 114 Å². The van der Waals surface area contributed by atoms with Gasteiger partial charge in [-0.15, -0.1) is 0 Å². The maximum atomic E-state index is 14.1. The lowest BCUT2D eigenvalue weighted by Crippen LogP contribution is -2.22. The predicted octanol–water partition coefficient (Wildman–Crippen LogP) is 4.50. The third-order valence-corrected chi connectivity index (χ3v) is 3.35. The van der Waals surface area contributed by atoms with Crippen LogP contribution >= 0.6 is 0 Å². The van der Waals surface area contributed by atoms with Gasteiger partial charge in [0, 0.05) is 11.6 Å². The topological polar surface area (TPSA) is 25.2 Å². The van der Waals surface area contributed by atoms with E-state index in [-0.39, 0.29) is 11.7 Å². The Bertz CT molecular complexity index is 584. The van der Waals surface area contributed by atoms with Gasteiger partial charge in [0.05, 0.1) is 11.9 Å². The maximum absolute atomic E-state index is 14.1. The van der Waals surface area contributed by atoms with E-state index in [1.807, 2.05) is 6.92 Å². The molecule has 0 aliphatic heterocycles. The average Bonchev–Trinajstić information content (AvgIpc) is 2.72. The molecule has 1 aromatic heterocycles. The van der Waals surface area contributed by atoms with Crippen LogP contribution in [0.25, 0.3) is 11.0 Å². The fraction of sp³-hybridized carbons (Fsp3) is 0.500. The summed E-state index contributed by atoms with van der Waals surface area (Å²) in [6.07, 6.45) is 0. The molecule has 104 valence electrons. The van der Waals surface area contributed by atoms with Gasteiger partial charge in [0.2, 0.25) is 0 Å². The van der Waals surface area contributed by atoms with Crippen LogP contribution in [0.4, 0.5) is 4.39 Å². The standard InChI is InChI=1S/C16H22FNO/c1-9(2)14-13(8-18-10(3)4)19-16-11(5)6-7-12(17)15(14)16/h6-7,9-10,18H,8H2,1-5H3. The molecular formula is C16H22FNO. The van der Waals surface area contributed by atoms with Crippen molar-refractivity contribution in [3.05, 3.63) is 34.8 Å². The van der Waals surface area contributed by atoms with Crippen LogP contribution in [-0.4, -0.2) is 6.04 Å². The molecule has 2 aromatic rings. The molecule has 0 fully saturated rings. The van der Waals surface area contributed by atoms with Gasteiger partial charge in [-0.1, -0.05) is 33.8 Å². The highest BCUT2D eigenvalue weighted by Crippen LogP contribution is 2.35. The monoisotopic (exact) mass is 263 g/mol. The first-order chi connectivity index (χ1) is 8.91. The van der Waals surface area contributed by atoms with Crippen LogP contribution in [0.3, 0.4) is 0 Å². The Morgan fingerprint density at radius 1 is 1.21 bits per heavy atom. The second-order valence-electron chi connectivity index (χ2n) is 5.70. The predicted molar refractivity (Wildman–Crippen MR) is 77.0 cm³/mol. The molecular weight excluding hydrogens is 241 g/mol. The molecule has 0 amide bonds. The van der Waals surface area contributed by atoms with E-state index < -0.39 is 0 Å². The second-order valence-corrected chi connectivity index (χ2v) is 5.70. The largest absolute Gasteiger partial charge is 0.459 e. The van der Waals surface area contributed by atoms with E-state index in [1.165, 1.54) is 6.07 Å². The van der Waals surface area contributed by atoms with Crippen molar-refractivity contribution in [2.24, 2.45) is 0 Å². The van der Waals surface area contributed by atoms with Crippen LogP contribution < -0.4 is 5.32 Å². The quantitative estimate of drug-likeness (QED) is 0.878. The first kappa shape index (κ1) is 14.1. The summed E-state index contributed by atoms with van der Waals surface area (Å²) in [6, 6.07) is 3.67. The number of fused-ring (bicyclic) bond motifs is 1. The zero-order valence-electron chi connectivity index (χ0n) is 12.3. The van der Waals surface area contributed by atoms with E-state index >= 15 is 0 Å². The fourth-order valence-corrected chi connectivity index (χ4v) is 2.40. The Morgan fingerprint density at radius 3 is 2.47 bits per heavy atom. The summed E-state index contributed by atoms with van der Waals surface area (Å²) in [5.41, 5.74) is 2.66. The summed E-state index contributed by atoms with van der Waals surface area (Å²) < 4.78 is 20.0. The molecule has 0 aliphatic carbocycles. The number of halogens is 1. The summed E-state index contributed by atoms with van der Waals surface area (Å²) in [5, 5.41) is 3.99. The fourth-order valence-electron chi connectivity index (χ4n) is 2.40. The molecule has 2 rings (SSSR count). The first-order valence-corrected chi connectivity index (χ1v) is 6.85. The Balaban J connectivity index is 2.60. The molecule has 1 heterocycles. The molecule has 1 aromatic carbocycles. The number of aryl methyl sites for hydroxylation is 1. The molecule has 0 saturated carbocycles. The third kappa shape index (κ3) is 2.66. The number of benzene rings is 1. The molecule has 2 nitrogen and oxygen atoms in total. The zero-order valence-corrected chi connectivity index (χ0v) is 12.3. The SMILES string of the molecule is Cc1ccc(F)c2c(C(C)C)c(CNC(C)C)oc12. The van der Waals surface area contributed by atoms with Gasteiger partial charge in [-0.05, 0) is 24.5 Å². The molecule has 0 spiro atoms. The van der Waals surface area contributed by atoms with Crippen molar-refractivity contribution in [2.75, 3.05) is 0 Å². The molecule has 1 N–H and O–H groups in total. The van der Waals surface area contributed by atoms with Gasteiger partial charge in [-0.25, -0.2) is 4.39 Å². The normalized spacial score (nSPS) is 12.0. The average molecular weight is 263 g/mol. The van der Waals surface area contributed by atoms with E-state index in [4.69, 9.17) is 4.42 Å². The number of hydrogen-bond acceptors (Lipinski definition) is 2. The number of hydrogen-bond donors (Lipinski definition) is 1. The van der Waals surface area contributed by atoms with Gasteiger partial charge in [0.1, 0.15) is 17.2 Å². The molecule has 0 unspecified atom stereocenters. The lowest BCUT2D eigenvalue weighted by atomic mass is 9.98. The number of rotatable bonds is 4. The van der Waals surface area contributed by atoms with Crippen LogP contribution in [0.5, 0.6) is 0 Å². The summed E-state index contributed by atoms with van der Waals surface area (Å²) in [6.45, 7) is 10.9. The number of nitrogens with one attached hydrogen (secondary N) is 1. The van der Waals surface area contributed by atoms with Crippen LogP contribution in [0.1, 0.15) is 50.5 Å². The van der Waals surface area contributed by atoms with Crippen molar-refractivity contribution < 1.29 is 8.81 Å². The minimum absolute atomic E-state index is 0.191. The summed E-state index contributed by atoms with van der Waals surface area (Å²) in [7, 11) is 0. The summed E-state index contributed by atoms with van der Waals surface area (Å²) in [5.74, 6) is 0.900. The van der Waals surface area contributed by atoms with Crippen molar-refractivity contribution in [1.29, 1.82) is 0 Å². The van der Waals surface area contributed by atoms with Crippen molar-refractivity contribution in [2.45, 2.75) is 53.1 Å². The molecule has 0 aliphatic rings. The third-order valence-electron chi connectivity index (χ3n) is 3.35. The summed E-state index contributed by atoms with van der Waals surface area (Å²) >= 11 is 0. The van der Waals surface area contributed by atoms with Crippen LogP contribution in [-0.2, 0) is 6.54 Å². The van der Waals surface area contributed by atoms with Crippen LogP contribution in [0, 0.1) is 12.7 Å². The van der Waals surface area contributed by atoms with Crippen LogP contribution in [0.15, 0.2) is 16.5 Å². The van der Waals surface area contributed by atoms with Crippen molar-refractivity contribution in [3.63, 3.8) is 0 Å². The molecule has 0 atom stereocenters. The lowest BCUT2D eigenvalue weighted by molar-refractivity contribution is 0.480. The molecule has 0 bridgehead atoms. The van der Waals surface area contributed by atoms with Gasteiger partial charge in [0.15, 0.2) is 0 Å². The Kier molecular flexibility index (Phi) is 3.95. The highest BCUT2D eigenvalue weighted by atomic mass is 19.1. The second kappa shape index (κ2) is 5.33. The van der Waals surface area contributed by atoms with Gasteiger partial charge in [-0.3, -0.25) is 0 Å². The van der Waals surface area contributed by atoms with Crippen molar-refractivity contribution >= 4 is 11.0 Å². The van der Waals surface area contributed by atoms with Gasteiger partial charge < -0.3 is 9.73 Å². The van der Waals surface area contributed by atoms with E-state index in [0.717, 1.165) is 16.9 Å². The number of furan rings is 1. The zero-order chi connectivity index (χ0) is 14.2. The Morgan fingerprint density at radius 2 is 1.89 bits per heavy atom. The van der Waals surface area contributed by atoms with Gasteiger partial charge in [0.25, 0.3) is 0 Å². The minimum atomic E-state index is -0.191.